The van der Waals surface area contributed by atoms with E-state index >= 15 is 0 Å². The van der Waals surface area contributed by atoms with Crippen LogP contribution >= 0.6 is 0 Å². The first-order chi connectivity index (χ1) is 15.0. The molecule has 1 saturated heterocycles. The van der Waals surface area contributed by atoms with Crippen molar-refractivity contribution in [3.05, 3.63) is 36.0 Å². The zero-order valence-corrected chi connectivity index (χ0v) is 18.4. The van der Waals surface area contributed by atoms with E-state index in [0.717, 1.165) is 47.6 Å². The summed E-state index contributed by atoms with van der Waals surface area (Å²) in [5, 5.41) is 21.7. The van der Waals surface area contributed by atoms with Crippen LogP contribution in [-0.4, -0.2) is 52.8 Å². The number of benzene rings is 1. The average molecular weight is 427 g/mol. The van der Waals surface area contributed by atoms with Crippen LogP contribution in [0.5, 0.6) is 5.75 Å². The molecule has 1 aliphatic carbocycles. The number of methoxy groups -OCH3 is 1. The molecule has 1 aromatic heterocycles. The van der Waals surface area contributed by atoms with Gasteiger partial charge in [-0.2, -0.15) is 0 Å². The van der Waals surface area contributed by atoms with Crippen LogP contribution in [-0.2, 0) is 4.79 Å². The molecule has 2 fully saturated rings. The predicted molar refractivity (Wildman–Crippen MR) is 120 cm³/mol. The number of aromatic nitrogens is 1. The molecule has 4 rings (SSSR count). The highest BCUT2D eigenvalue weighted by Crippen LogP contribution is 2.35. The van der Waals surface area contributed by atoms with Crippen LogP contribution in [0.25, 0.3) is 10.9 Å². The van der Waals surface area contributed by atoms with E-state index in [0.29, 0.717) is 19.4 Å². The smallest absolute Gasteiger partial charge is 0.308 e. The lowest BCUT2D eigenvalue weighted by atomic mass is 9.81. The minimum Gasteiger partial charge on any atom is -0.497 e. The zero-order chi connectivity index (χ0) is 21.8. The first-order valence-corrected chi connectivity index (χ1v) is 11.6. The number of carboxylic acids is 1. The van der Waals surface area contributed by atoms with Crippen molar-refractivity contribution < 1.29 is 19.7 Å². The molecule has 2 N–H and O–H groups in total. The summed E-state index contributed by atoms with van der Waals surface area (Å²) in [5.74, 6) is 0.528. The van der Waals surface area contributed by atoms with Gasteiger partial charge in [0.25, 0.3) is 0 Å². The van der Waals surface area contributed by atoms with E-state index in [-0.39, 0.29) is 11.8 Å². The van der Waals surface area contributed by atoms with E-state index in [2.05, 4.69) is 9.88 Å². The van der Waals surface area contributed by atoms with Gasteiger partial charge in [-0.05, 0) is 80.3 Å². The van der Waals surface area contributed by atoms with Gasteiger partial charge in [-0.15, -0.1) is 0 Å². The molecule has 1 aliphatic heterocycles. The van der Waals surface area contributed by atoms with Crippen LogP contribution in [0.1, 0.15) is 56.6 Å². The van der Waals surface area contributed by atoms with Gasteiger partial charge in [0, 0.05) is 24.7 Å². The van der Waals surface area contributed by atoms with Gasteiger partial charge in [0.1, 0.15) is 5.75 Å². The van der Waals surface area contributed by atoms with Crippen molar-refractivity contribution in [2.45, 2.75) is 51.0 Å². The van der Waals surface area contributed by atoms with Gasteiger partial charge in [-0.25, -0.2) is 0 Å². The molecule has 0 spiro atoms. The Labute approximate surface area is 184 Å². The number of carboxylic acid groups (broad SMARTS) is 1. The van der Waals surface area contributed by atoms with Crippen LogP contribution in [0.15, 0.2) is 30.5 Å². The Morgan fingerprint density at radius 1 is 1.26 bits per heavy atom. The molecule has 0 bridgehead atoms. The Morgan fingerprint density at radius 2 is 2.06 bits per heavy atom. The van der Waals surface area contributed by atoms with Crippen LogP contribution in [0.3, 0.4) is 0 Å². The molecular weight excluding hydrogens is 392 g/mol. The molecule has 0 unspecified atom stereocenters. The van der Waals surface area contributed by atoms with Gasteiger partial charge in [0.05, 0.1) is 24.6 Å². The van der Waals surface area contributed by atoms with E-state index in [1.807, 2.05) is 24.3 Å². The summed E-state index contributed by atoms with van der Waals surface area (Å²) < 4.78 is 5.33. The Kier molecular flexibility index (Phi) is 7.08. The molecule has 2 aromatic rings. The number of aliphatic carboxylic acids is 1. The van der Waals surface area contributed by atoms with Crippen LogP contribution in [0, 0.1) is 17.8 Å². The van der Waals surface area contributed by atoms with Crippen molar-refractivity contribution in [3.8, 4) is 5.75 Å². The Hall–Kier alpha value is -2.18. The molecule has 0 radical (unpaired) electrons. The number of likely N-dealkylation sites (tertiary alicyclic amines) is 1. The van der Waals surface area contributed by atoms with E-state index in [1.165, 1.54) is 25.7 Å². The van der Waals surface area contributed by atoms with Crippen LogP contribution in [0.2, 0.25) is 0 Å². The number of hydrogen-bond donors (Lipinski definition) is 2. The third kappa shape index (κ3) is 5.18. The van der Waals surface area contributed by atoms with Crippen molar-refractivity contribution in [2.24, 2.45) is 17.8 Å². The zero-order valence-electron chi connectivity index (χ0n) is 18.4. The predicted octanol–water partition coefficient (Wildman–Crippen LogP) is 4.27. The van der Waals surface area contributed by atoms with Crippen molar-refractivity contribution in [1.82, 2.24) is 9.88 Å². The molecule has 3 atom stereocenters. The maximum atomic E-state index is 12.0. The monoisotopic (exact) mass is 426 g/mol. The fourth-order valence-electron chi connectivity index (χ4n) is 5.51. The molecule has 2 heterocycles. The standard InChI is InChI=1S/C25H34N2O4/c1-31-19-7-8-23-21(14-19)20(10-12-26-23)24(28)9-6-18-11-13-27(16-22(18)25(29)30)15-17-4-2-3-5-17/h7-8,10,12,14,17-18,22,24,28H,2-6,9,11,13,15-16H2,1H3,(H,29,30)/t18-,22+,24-/m1/s1. The topological polar surface area (TPSA) is 82.9 Å². The third-order valence-corrected chi connectivity index (χ3v) is 7.30. The Balaban J connectivity index is 1.40. The molecule has 2 aliphatic rings. The first kappa shape index (κ1) is 22.0. The SMILES string of the molecule is COc1ccc2nccc([C@H](O)CC[C@@H]3CCN(CC4CCCC4)C[C@@H]3C(=O)O)c2c1. The highest BCUT2D eigenvalue weighted by atomic mass is 16.5. The molecular formula is C25H34N2O4. The molecule has 1 aromatic carbocycles. The summed E-state index contributed by atoms with van der Waals surface area (Å²) in [6, 6.07) is 7.51. The lowest BCUT2D eigenvalue weighted by Gasteiger charge is -2.38. The fourth-order valence-corrected chi connectivity index (χ4v) is 5.51. The van der Waals surface area contributed by atoms with Crippen molar-refractivity contribution in [1.29, 1.82) is 0 Å². The van der Waals surface area contributed by atoms with Gasteiger partial charge in [0.15, 0.2) is 0 Å². The van der Waals surface area contributed by atoms with Gasteiger partial charge in [-0.1, -0.05) is 12.8 Å². The fraction of sp³-hybridized carbons (Fsp3) is 0.600. The number of piperidine rings is 1. The van der Waals surface area contributed by atoms with Crippen molar-refractivity contribution in [2.75, 3.05) is 26.7 Å². The number of hydrogen-bond acceptors (Lipinski definition) is 5. The summed E-state index contributed by atoms with van der Waals surface area (Å²) in [4.78, 5) is 18.7. The Bertz CT molecular complexity index is 896. The highest BCUT2D eigenvalue weighted by molar-refractivity contribution is 5.83. The maximum Gasteiger partial charge on any atom is 0.308 e. The van der Waals surface area contributed by atoms with Gasteiger partial charge < -0.3 is 19.8 Å². The normalized spacial score (nSPS) is 23.8. The first-order valence-electron chi connectivity index (χ1n) is 11.6. The number of aliphatic hydroxyl groups is 1. The summed E-state index contributed by atoms with van der Waals surface area (Å²) >= 11 is 0. The summed E-state index contributed by atoms with van der Waals surface area (Å²) in [7, 11) is 1.62. The number of rotatable bonds is 8. The summed E-state index contributed by atoms with van der Waals surface area (Å²) in [6.07, 6.45) is 8.42. The molecule has 6 nitrogen and oxygen atoms in total. The second kappa shape index (κ2) is 9.96. The average Bonchev–Trinajstić information content (AvgIpc) is 3.30. The molecule has 31 heavy (non-hydrogen) atoms. The number of fused-ring (bicyclic) bond motifs is 1. The maximum absolute atomic E-state index is 12.0. The molecule has 168 valence electrons. The summed E-state index contributed by atoms with van der Waals surface area (Å²) in [5.41, 5.74) is 1.65. The third-order valence-electron chi connectivity index (χ3n) is 7.30. The quantitative estimate of drug-likeness (QED) is 0.656. The largest absolute Gasteiger partial charge is 0.497 e. The number of carbonyl (C=O) groups is 1. The van der Waals surface area contributed by atoms with Crippen LogP contribution < -0.4 is 4.74 Å². The lowest BCUT2D eigenvalue weighted by Crippen LogP contribution is -2.45. The van der Waals surface area contributed by atoms with Gasteiger partial charge in [0.2, 0.25) is 0 Å². The highest BCUT2D eigenvalue weighted by Gasteiger charge is 2.35. The van der Waals surface area contributed by atoms with Gasteiger partial charge in [-0.3, -0.25) is 9.78 Å². The number of aliphatic hydroxyl groups excluding tert-OH is 1. The Morgan fingerprint density at radius 3 is 2.81 bits per heavy atom. The number of nitrogens with zero attached hydrogens (tertiary/aromatic N) is 2. The minimum atomic E-state index is -0.699. The minimum absolute atomic E-state index is 0.106. The van der Waals surface area contributed by atoms with E-state index in [1.54, 1.807) is 13.3 Å². The lowest BCUT2D eigenvalue weighted by molar-refractivity contribution is -0.146. The molecule has 1 saturated carbocycles. The van der Waals surface area contributed by atoms with Crippen molar-refractivity contribution in [3.63, 3.8) is 0 Å². The van der Waals surface area contributed by atoms with Crippen molar-refractivity contribution >= 4 is 16.9 Å². The number of pyridine rings is 1. The van der Waals surface area contributed by atoms with E-state index in [4.69, 9.17) is 4.74 Å². The second-order valence-corrected chi connectivity index (χ2v) is 9.28. The van der Waals surface area contributed by atoms with Crippen LogP contribution in [0.4, 0.5) is 0 Å². The second-order valence-electron chi connectivity index (χ2n) is 9.28. The van der Waals surface area contributed by atoms with E-state index in [9.17, 15) is 15.0 Å². The number of ether oxygens (including phenoxy) is 1. The molecule has 0 amide bonds. The summed E-state index contributed by atoms with van der Waals surface area (Å²) in [6.45, 7) is 2.66. The van der Waals surface area contributed by atoms with E-state index < -0.39 is 12.1 Å². The van der Waals surface area contributed by atoms with Gasteiger partial charge >= 0.3 is 5.97 Å². The molecule has 6 heteroatoms.